The Bertz CT molecular complexity index is 605. The first kappa shape index (κ1) is 13.0. The number of hydrogen-bond donors (Lipinski definition) is 1. The lowest BCUT2D eigenvalue weighted by Crippen LogP contribution is -2.01. The van der Waals surface area contributed by atoms with Crippen molar-refractivity contribution >= 4 is 5.97 Å². The molecule has 2 rings (SSSR count). The van der Waals surface area contributed by atoms with Crippen LogP contribution in [0.4, 0.5) is 0 Å². The van der Waals surface area contributed by atoms with Crippen molar-refractivity contribution in [2.24, 2.45) is 0 Å². The van der Waals surface area contributed by atoms with Crippen LogP contribution in [0.5, 0.6) is 11.5 Å². The van der Waals surface area contributed by atoms with Crippen LogP contribution < -0.4 is 4.74 Å². The molecule has 19 heavy (non-hydrogen) atoms. The van der Waals surface area contributed by atoms with Crippen LogP contribution in [0.2, 0.25) is 0 Å². The van der Waals surface area contributed by atoms with Gasteiger partial charge in [-0.25, -0.2) is 4.79 Å². The molecule has 2 aromatic rings. The lowest BCUT2D eigenvalue weighted by molar-refractivity contribution is 0.0597. The van der Waals surface area contributed by atoms with Gasteiger partial charge in [-0.05, 0) is 23.8 Å². The number of rotatable bonds is 3. The van der Waals surface area contributed by atoms with E-state index in [2.05, 4.69) is 4.74 Å². The van der Waals surface area contributed by atoms with Gasteiger partial charge in [0.05, 0.1) is 14.2 Å². The number of phenols is 1. The molecular weight excluding hydrogens is 244 g/mol. The first-order valence-electron chi connectivity index (χ1n) is 5.72. The number of carbonyl (C=O) groups excluding carboxylic acids is 1. The zero-order chi connectivity index (χ0) is 13.8. The van der Waals surface area contributed by atoms with Crippen LogP contribution in [-0.4, -0.2) is 25.3 Å². The summed E-state index contributed by atoms with van der Waals surface area (Å²) in [5.41, 5.74) is 1.75. The lowest BCUT2D eigenvalue weighted by atomic mass is 10.0. The summed E-state index contributed by atoms with van der Waals surface area (Å²) in [6.07, 6.45) is 0. The summed E-state index contributed by atoms with van der Waals surface area (Å²) in [5.74, 6) is 0.0174. The summed E-state index contributed by atoms with van der Waals surface area (Å²) in [4.78, 5) is 11.6. The number of esters is 1. The highest BCUT2D eigenvalue weighted by Crippen LogP contribution is 2.32. The third-order valence-electron chi connectivity index (χ3n) is 2.82. The summed E-state index contributed by atoms with van der Waals surface area (Å²) in [5, 5.41) is 9.68. The molecular formula is C15H14O4. The fraction of sp³-hybridized carbons (Fsp3) is 0.133. The predicted octanol–water partition coefficient (Wildman–Crippen LogP) is 2.85. The normalized spacial score (nSPS) is 10.0. The summed E-state index contributed by atoms with van der Waals surface area (Å²) in [6.45, 7) is 0. The minimum Gasteiger partial charge on any atom is -0.507 e. The van der Waals surface area contributed by atoms with Gasteiger partial charge >= 0.3 is 5.97 Å². The van der Waals surface area contributed by atoms with E-state index in [0.717, 1.165) is 11.1 Å². The van der Waals surface area contributed by atoms with Crippen molar-refractivity contribution in [3.8, 4) is 22.6 Å². The first-order chi connectivity index (χ1) is 9.17. The zero-order valence-corrected chi connectivity index (χ0v) is 10.7. The van der Waals surface area contributed by atoms with E-state index in [1.807, 2.05) is 24.3 Å². The molecule has 2 aromatic carbocycles. The van der Waals surface area contributed by atoms with Crippen LogP contribution in [0, 0.1) is 0 Å². The van der Waals surface area contributed by atoms with Crippen LogP contribution in [-0.2, 0) is 4.74 Å². The van der Waals surface area contributed by atoms with E-state index >= 15 is 0 Å². The van der Waals surface area contributed by atoms with E-state index in [0.29, 0.717) is 5.75 Å². The van der Waals surface area contributed by atoms with Crippen molar-refractivity contribution in [2.45, 2.75) is 0 Å². The summed E-state index contributed by atoms with van der Waals surface area (Å²) < 4.78 is 9.91. The number of ether oxygens (including phenoxy) is 2. The second kappa shape index (κ2) is 5.44. The van der Waals surface area contributed by atoms with Gasteiger partial charge in [0.25, 0.3) is 0 Å². The van der Waals surface area contributed by atoms with Crippen molar-refractivity contribution in [1.29, 1.82) is 0 Å². The van der Waals surface area contributed by atoms with Crippen molar-refractivity contribution in [3.63, 3.8) is 0 Å². The molecule has 4 nitrogen and oxygen atoms in total. The van der Waals surface area contributed by atoms with Crippen LogP contribution in [0.1, 0.15) is 10.4 Å². The summed E-state index contributed by atoms with van der Waals surface area (Å²) >= 11 is 0. The molecule has 0 aromatic heterocycles. The van der Waals surface area contributed by atoms with E-state index in [1.165, 1.54) is 13.2 Å². The maximum absolute atomic E-state index is 11.6. The first-order valence-corrected chi connectivity index (χ1v) is 5.72. The van der Waals surface area contributed by atoms with Gasteiger partial charge in [-0.1, -0.05) is 24.3 Å². The van der Waals surface area contributed by atoms with Crippen molar-refractivity contribution in [1.82, 2.24) is 0 Å². The Morgan fingerprint density at radius 2 is 1.84 bits per heavy atom. The Morgan fingerprint density at radius 1 is 1.11 bits per heavy atom. The van der Waals surface area contributed by atoms with Gasteiger partial charge in [-0.2, -0.15) is 0 Å². The monoisotopic (exact) mass is 258 g/mol. The van der Waals surface area contributed by atoms with Gasteiger partial charge in [0.2, 0.25) is 0 Å². The SMILES string of the molecule is COC(=O)c1cc(-c2ccccc2OC)ccc1O. The number of benzene rings is 2. The fourth-order valence-corrected chi connectivity index (χ4v) is 1.86. The average Bonchev–Trinajstić information content (AvgIpc) is 2.47. The standard InChI is InChI=1S/C15H14O4/c1-18-14-6-4-3-5-11(14)10-7-8-13(16)12(9-10)15(17)19-2/h3-9,16H,1-2H3. The molecule has 0 bridgehead atoms. The molecule has 0 heterocycles. The number of aromatic hydroxyl groups is 1. The molecule has 0 aliphatic carbocycles. The Morgan fingerprint density at radius 3 is 2.53 bits per heavy atom. The number of para-hydroxylation sites is 1. The second-order valence-corrected chi connectivity index (χ2v) is 3.92. The number of methoxy groups -OCH3 is 2. The maximum atomic E-state index is 11.6. The van der Waals surface area contributed by atoms with Crippen molar-refractivity contribution in [3.05, 3.63) is 48.0 Å². The number of carbonyl (C=O) groups is 1. The van der Waals surface area contributed by atoms with E-state index in [1.54, 1.807) is 19.2 Å². The van der Waals surface area contributed by atoms with Crippen LogP contribution in [0.15, 0.2) is 42.5 Å². The van der Waals surface area contributed by atoms with Gasteiger partial charge in [0, 0.05) is 5.56 Å². The molecule has 1 N–H and O–H groups in total. The van der Waals surface area contributed by atoms with Crippen LogP contribution in [0.25, 0.3) is 11.1 Å². The predicted molar refractivity (Wildman–Crippen MR) is 71.4 cm³/mol. The number of hydrogen-bond acceptors (Lipinski definition) is 4. The Balaban J connectivity index is 2.54. The van der Waals surface area contributed by atoms with E-state index in [-0.39, 0.29) is 11.3 Å². The Kier molecular flexibility index (Phi) is 3.71. The molecule has 0 amide bonds. The molecule has 0 aliphatic heterocycles. The largest absolute Gasteiger partial charge is 0.507 e. The highest BCUT2D eigenvalue weighted by molar-refractivity contribution is 5.94. The Hall–Kier alpha value is -2.49. The molecule has 4 heteroatoms. The smallest absolute Gasteiger partial charge is 0.341 e. The fourth-order valence-electron chi connectivity index (χ4n) is 1.86. The molecule has 0 saturated heterocycles. The molecule has 0 atom stereocenters. The van der Waals surface area contributed by atoms with E-state index in [4.69, 9.17) is 4.74 Å². The topological polar surface area (TPSA) is 55.8 Å². The summed E-state index contributed by atoms with van der Waals surface area (Å²) in [7, 11) is 2.86. The minimum absolute atomic E-state index is 0.106. The van der Waals surface area contributed by atoms with Gasteiger partial charge in [-0.3, -0.25) is 0 Å². The molecule has 0 unspecified atom stereocenters. The van der Waals surface area contributed by atoms with Crippen LogP contribution >= 0.6 is 0 Å². The van der Waals surface area contributed by atoms with Gasteiger partial charge < -0.3 is 14.6 Å². The molecule has 0 saturated carbocycles. The highest BCUT2D eigenvalue weighted by atomic mass is 16.5. The lowest BCUT2D eigenvalue weighted by Gasteiger charge is -2.10. The number of phenolic OH excluding ortho intramolecular Hbond substituents is 1. The molecule has 0 spiro atoms. The quantitative estimate of drug-likeness (QED) is 0.860. The molecule has 0 radical (unpaired) electrons. The minimum atomic E-state index is -0.575. The van der Waals surface area contributed by atoms with Gasteiger partial charge in [0.1, 0.15) is 17.1 Å². The van der Waals surface area contributed by atoms with Crippen LogP contribution in [0.3, 0.4) is 0 Å². The maximum Gasteiger partial charge on any atom is 0.341 e. The second-order valence-electron chi connectivity index (χ2n) is 3.92. The zero-order valence-electron chi connectivity index (χ0n) is 10.7. The third kappa shape index (κ3) is 2.52. The molecule has 0 aliphatic rings. The van der Waals surface area contributed by atoms with E-state index in [9.17, 15) is 9.90 Å². The molecule has 0 fully saturated rings. The van der Waals surface area contributed by atoms with E-state index < -0.39 is 5.97 Å². The van der Waals surface area contributed by atoms with Gasteiger partial charge in [0.15, 0.2) is 0 Å². The summed E-state index contributed by atoms with van der Waals surface area (Å²) in [6, 6.07) is 12.2. The highest BCUT2D eigenvalue weighted by Gasteiger charge is 2.14. The Labute approximate surface area is 111 Å². The van der Waals surface area contributed by atoms with Gasteiger partial charge in [-0.15, -0.1) is 0 Å². The molecule has 98 valence electrons. The average molecular weight is 258 g/mol. The van der Waals surface area contributed by atoms with Crippen molar-refractivity contribution in [2.75, 3.05) is 14.2 Å². The third-order valence-corrected chi connectivity index (χ3v) is 2.82. The van der Waals surface area contributed by atoms with Crippen molar-refractivity contribution < 1.29 is 19.4 Å².